The van der Waals surface area contributed by atoms with Crippen LogP contribution in [0, 0.1) is 13.8 Å². The number of benzene rings is 1. The molecule has 2 aliphatic heterocycles. The number of hydrogen-bond donors (Lipinski definition) is 0. The molecule has 1 unspecified atom stereocenters. The van der Waals surface area contributed by atoms with E-state index in [1.54, 1.807) is 18.2 Å². The van der Waals surface area contributed by atoms with Gasteiger partial charge in [0, 0.05) is 19.1 Å². The van der Waals surface area contributed by atoms with E-state index in [0.717, 1.165) is 37.2 Å². The van der Waals surface area contributed by atoms with Crippen LogP contribution in [0.5, 0.6) is 0 Å². The number of nitrogens with zero attached hydrogens (tertiary/aromatic N) is 3. The summed E-state index contributed by atoms with van der Waals surface area (Å²) in [5.41, 5.74) is 2.24. The maximum absolute atomic E-state index is 13.4. The molecule has 1 saturated heterocycles. The first-order valence-corrected chi connectivity index (χ1v) is 9.70. The van der Waals surface area contributed by atoms with Gasteiger partial charge < -0.3 is 4.52 Å². The smallest absolute Gasteiger partial charge is 0.269 e. The minimum absolute atomic E-state index is 0.198. The van der Waals surface area contributed by atoms with Crippen LogP contribution in [0.3, 0.4) is 0 Å². The number of aryl methyl sites for hydroxylation is 2. The van der Waals surface area contributed by atoms with Crippen LogP contribution in [0.15, 0.2) is 33.7 Å². The molecule has 2 aromatic rings. The minimum atomic E-state index is -3.71. The van der Waals surface area contributed by atoms with Crippen LogP contribution in [0.1, 0.15) is 29.9 Å². The van der Waals surface area contributed by atoms with Gasteiger partial charge in [-0.05, 0) is 44.9 Å². The summed E-state index contributed by atoms with van der Waals surface area (Å²) in [4.78, 5) is 2.59. The quantitative estimate of drug-likeness (QED) is 0.835. The molecule has 2 aliphatic rings. The maximum Gasteiger partial charge on any atom is 0.269 e. The highest BCUT2D eigenvalue weighted by Crippen LogP contribution is 2.36. The highest BCUT2D eigenvalue weighted by molar-refractivity contribution is 7.93. The molecule has 0 radical (unpaired) electrons. The maximum atomic E-state index is 13.4. The van der Waals surface area contributed by atoms with Crippen LogP contribution in [0.2, 0.25) is 0 Å². The summed E-state index contributed by atoms with van der Waals surface area (Å²) in [6, 6.07) is 8.04. The third-order valence-corrected chi connectivity index (χ3v) is 7.05. The zero-order valence-corrected chi connectivity index (χ0v) is 14.7. The lowest BCUT2D eigenvalue weighted by molar-refractivity contribution is 0.257. The summed E-state index contributed by atoms with van der Waals surface area (Å²) < 4.78 is 33.5. The molecule has 1 atom stereocenters. The molecular weight excluding hydrogens is 326 g/mol. The van der Waals surface area contributed by atoms with E-state index in [0.29, 0.717) is 18.0 Å². The molecule has 3 heterocycles. The minimum Gasteiger partial charge on any atom is -0.360 e. The Balaban J connectivity index is 1.87. The summed E-state index contributed by atoms with van der Waals surface area (Å²) in [7, 11) is -3.71. The van der Waals surface area contributed by atoms with Crippen molar-refractivity contribution in [1.82, 2.24) is 10.1 Å². The molecule has 1 aromatic heterocycles. The molecule has 4 rings (SSSR count). The first-order chi connectivity index (χ1) is 11.5. The summed E-state index contributed by atoms with van der Waals surface area (Å²) in [6.45, 7) is 5.63. The Labute approximate surface area is 142 Å². The van der Waals surface area contributed by atoms with Gasteiger partial charge >= 0.3 is 0 Å². The third-order valence-electron chi connectivity index (χ3n) is 5.03. The van der Waals surface area contributed by atoms with E-state index < -0.39 is 10.0 Å². The number of aromatic nitrogens is 1. The van der Waals surface area contributed by atoms with Gasteiger partial charge in [-0.1, -0.05) is 23.4 Å². The van der Waals surface area contributed by atoms with Crippen molar-refractivity contribution in [3.8, 4) is 0 Å². The molecule has 0 amide bonds. The predicted molar refractivity (Wildman–Crippen MR) is 90.4 cm³/mol. The second kappa shape index (κ2) is 5.60. The predicted octanol–water partition coefficient (Wildman–Crippen LogP) is 2.46. The van der Waals surface area contributed by atoms with Crippen LogP contribution in [-0.2, 0) is 16.6 Å². The lowest BCUT2D eigenvalue weighted by Gasteiger charge is -2.27. The van der Waals surface area contributed by atoms with Gasteiger partial charge in [0.15, 0.2) is 10.7 Å². The standard InChI is InChI=1S/C17H21N3O3S/c1-12-17(13(2)23-18-12)24(21,22)20-11-15-7-5-9-19(15)10-14-6-3-4-8-16(14)20/h3-4,6,8,15H,5,7,9-11H2,1-2H3. The Morgan fingerprint density at radius 1 is 1.25 bits per heavy atom. The Bertz CT molecular complexity index is 855. The van der Waals surface area contributed by atoms with Crippen molar-refractivity contribution < 1.29 is 12.9 Å². The summed E-state index contributed by atoms with van der Waals surface area (Å²) in [5, 5.41) is 3.83. The van der Waals surface area contributed by atoms with Gasteiger partial charge in [0.2, 0.25) is 0 Å². The summed E-state index contributed by atoms with van der Waals surface area (Å²) >= 11 is 0. The fourth-order valence-corrected chi connectivity index (χ4v) is 5.72. The largest absolute Gasteiger partial charge is 0.360 e. The van der Waals surface area contributed by atoms with Gasteiger partial charge in [-0.25, -0.2) is 8.42 Å². The molecule has 0 spiro atoms. The number of para-hydroxylation sites is 1. The van der Waals surface area contributed by atoms with Gasteiger partial charge in [0.25, 0.3) is 10.0 Å². The Morgan fingerprint density at radius 2 is 2.04 bits per heavy atom. The molecule has 0 N–H and O–H groups in total. The van der Waals surface area contributed by atoms with E-state index in [1.165, 1.54) is 0 Å². The van der Waals surface area contributed by atoms with Crippen molar-refractivity contribution in [2.75, 3.05) is 17.4 Å². The number of hydrogen-bond acceptors (Lipinski definition) is 5. The average molecular weight is 347 g/mol. The molecular formula is C17H21N3O3S. The molecule has 0 bridgehead atoms. The van der Waals surface area contributed by atoms with Gasteiger partial charge in [0.1, 0.15) is 5.69 Å². The van der Waals surface area contributed by atoms with E-state index >= 15 is 0 Å². The molecule has 1 aromatic carbocycles. The SMILES string of the molecule is Cc1noc(C)c1S(=O)(=O)N1CC2CCCN2Cc2ccccc21. The topological polar surface area (TPSA) is 66.7 Å². The average Bonchev–Trinajstić information content (AvgIpc) is 3.08. The Morgan fingerprint density at radius 3 is 2.79 bits per heavy atom. The van der Waals surface area contributed by atoms with E-state index in [4.69, 9.17) is 4.52 Å². The lowest BCUT2D eigenvalue weighted by atomic mass is 10.2. The van der Waals surface area contributed by atoms with Crippen LogP contribution >= 0.6 is 0 Å². The first kappa shape index (κ1) is 15.7. The van der Waals surface area contributed by atoms with Gasteiger partial charge in [-0.15, -0.1) is 0 Å². The lowest BCUT2D eigenvalue weighted by Crippen LogP contribution is -2.40. The first-order valence-electron chi connectivity index (χ1n) is 8.26. The second-order valence-corrected chi connectivity index (χ2v) is 8.38. The van der Waals surface area contributed by atoms with Crippen molar-refractivity contribution in [2.45, 2.75) is 44.2 Å². The number of rotatable bonds is 2. The zero-order valence-electron chi connectivity index (χ0n) is 13.9. The van der Waals surface area contributed by atoms with E-state index in [1.807, 2.05) is 24.3 Å². The fraction of sp³-hybridized carbons (Fsp3) is 0.471. The van der Waals surface area contributed by atoms with Crippen molar-refractivity contribution in [1.29, 1.82) is 0 Å². The molecule has 7 heteroatoms. The van der Waals surface area contributed by atoms with Crippen molar-refractivity contribution in [3.05, 3.63) is 41.3 Å². The monoisotopic (exact) mass is 347 g/mol. The molecule has 24 heavy (non-hydrogen) atoms. The zero-order chi connectivity index (χ0) is 16.9. The third kappa shape index (κ3) is 2.34. The normalized spacial score (nSPS) is 21.4. The van der Waals surface area contributed by atoms with Crippen LogP contribution in [-0.4, -0.2) is 37.6 Å². The van der Waals surface area contributed by atoms with Crippen molar-refractivity contribution in [3.63, 3.8) is 0 Å². The molecule has 1 fully saturated rings. The van der Waals surface area contributed by atoms with Crippen LogP contribution < -0.4 is 4.31 Å². The van der Waals surface area contributed by atoms with Gasteiger partial charge in [-0.2, -0.15) is 0 Å². The highest BCUT2D eigenvalue weighted by atomic mass is 32.2. The van der Waals surface area contributed by atoms with Gasteiger partial charge in [0.05, 0.1) is 5.69 Å². The number of anilines is 1. The summed E-state index contributed by atoms with van der Waals surface area (Å²) in [5.74, 6) is 0.345. The highest BCUT2D eigenvalue weighted by Gasteiger charge is 2.38. The molecule has 6 nitrogen and oxygen atoms in total. The van der Waals surface area contributed by atoms with E-state index in [2.05, 4.69) is 10.1 Å². The Hall–Kier alpha value is -1.86. The van der Waals surface area contributed by atoms with Crippen molar-refractivity contribution in [2.24, 2.45) is 0 Å². The second-order valence-electron chi connectivity index (χ2n) is 6.58. The molecule has 128 valence electrons. The van der Waals surface area contributed by atoms with Crippen molar-refractivity contribution >= 4 is 15.7 Å². The molecule has 0 saturated carbocycles. The number of fused-ring (bicyclic) bond motifs is 2. The van der Waals surface area contributed by atoms with Crippen LogP contribution in [0.25, 0.3) is 0 Å². The molecule has 0 aliphatic carbocycles. The Kier molecular flexibility index (Phi) is 3.65. The summed E-state index contributed by atoms with van der Waals surface area (Å²) in [6.07, 6.45) is 2.15. The van der Waals surface area contributed by atoms with E-state index in [-0.39, 0.29) is 10.9 Å². The van der Waals surface area contributed by atoms with Crippen LogP contribution in [0.4, 0.5) is 5.69 Å². The fourth-order valence-electron chi connectivity index (χ4n) is 3.89. The number of sulfonamides is 1. The van der Waals surface area contributed by atoms with Gasteiger partial charge in [-0.3, -0.25) is 9.21 Å². The van der Waals surface area contributed by atoms with E-state index in [9.17, 15) is 8.42 Å².